The molecule has 0 aromatic carbocycles. The van der Waals surface area contributed by atoms with E-state index in [4.69, 9.17) is 15.1 Å². The Morgan fingerprint density at radius 3 is 2.89 bits per heavy atom. The van der Waals surface area contributed by atoms with E-state index in [0.29, 0.717) is 11.3 Å². The maximum Gasteiger partial charge on any atom is 0.272 e. The average molecular weight is 253 g/mol. The Morgan fingerprint density at radius 1 is 1.50 bits per heavy atom. The Kier molecular flexibility index (Phi) is 3.39. The first-order valence-electron chi connectivity index (χ1n) is 5.07. The van der Waals surface area contributed by atoms with Gasteiger partial charge < -0.3 is 14.2 Å². The van der Waals surface area contributed by atoms with Gasteiger partial charge in [0, 0.05) is 12.3 Å². The summed E-state index contributed by atoms with van der Waals surface area (Å²) in [6.07, 6.45) is 0.316. The minimum atomic E-state index is -2.61. The van der Waals surface area contributed by atoms with Crippen LogP contribution in [0.2, 0.25) is 0 Å². The van der Waals surface area contributed by atoms with E-state index in [9.17, 15) is 8.78 Å². The number of aromatic nitrogens is 2. The highest BCUT2D eigenvalue weighted by molar-refractivity contribution is 5.53. The molecule has 2 aromatic rings. The van der Waals surface area contributed by atoms with Gasteiger partial charge in [0.05, 0.1) is 24.1 Å². The number of hydrogen-bond donors (Lipinski definition) is 1. The lowest BCUT2D eigenvalue weighted by atomic mass is 10.2. The molecule has 0 fully saturated rings. The molecule has 1 N–H and O–H groups in total. The molecule has 0 unspecified atom stereocenters. The minimum absolute atomic E-state index is 0.0622. The predicted molar refractivity (Wildman–Crippen MR) is 57.3 cm³/mol. The highest BCUT2D eigenvalue weighted by atomic mass is 19.3. The first-order chi connectivity index (χ1) is 8.63. The number of hydrogen-bond acceptors (Lipinski definition) is 4. The summed E-state index contributed by atoms with van der Waals surface area (Å²) in [4.78, 5) is 4.03. The van der Waals surface area contributed by atoms with Gasteiger partial charge in [-0.2, -0.15) is 5.26 Å². The fourth-order valence-corrected chi connectivity index (χ4v) is 1.50. The fraction of sp³-hybridized carbons (Fsp3) is 0.273. The number of halogens is 2. The zero-order chi connectivity index (χ0) is 13.1. The van der Waals surface area contributed by atoms with E-state index >= 15 is 0 Å². The fourth-order valence-electron chi connectivity index (χ4n) is 1.50. The summed E-state index contributed by atoms with van der Waals surface area (Å²) in [5.41, 5.74) is 0.989. The van der Waals surface area contributed by atoms with Gasteiger partial charge in [0.25, 0.3) is 6.43 Å². The average Bonchev–Trinajstić information content (AvgIpc) is 2.76. The van der Waals surface area contributed by atoms with Crippen LogP contribution in [0.15, 0.2) is 18.5 Å². The Labute approximate surface area is 101 Å². The molecule has 2 rings (SSSR count). The number of fused-ring (bicyclic) bond motifs is 1. The molecule has 0 amide bonds. The maximum atomic E-state index is 12.1. The summed E-state index contributed by atoms with van der Waals surface area (Å²) in [6.45, 7) is -1.02. The number of aliphatic hydroxyl groups excluding tert-OH is 1. The topological polar surface area (TPSA) is 70.5 Å². The molecular weight excluding hydrogens is 244 g/mol. The number of ether oxygens (including phenoxy) is 1. The largest absolute Gasteiger partial charge is 0.485 e. The van der Waals surface area contributed by atoms with Gasteiger partial charge in [0.15, 0.2) is 5.75 Å². The van der Waals surface area contributed by atoms with E-state index in [1.807, 2.05) is 6.07 Å². The molecule has 0 atom stereocenters. The van der Waals surface area contributed by atoms with Gasteiger partial charge in [-0.25, -0.2) is 13.8 Å². The number of nitriles is 1. The van der Waals surface area contributed by atoms with Gasteiger partial charge in [-0.05, 0) is 0 Å². The summed E-state index contributed by atoms with van der Waals surface area (Å²) >= 11 is 0. The van der Waals surface area contributed by atoms with Crippen molar-refractivity contribution in [3.63, 3.8) is 0 Å². The molecule has 0 saturated carbocycles. The van der Waals surface area contributed by atoms with Gasteiger partial charge in [0.2, 0.25) is 0 Å². The minimum Gasteiger partial charge on any atom is -0.485 e. The van der Waals surface area contributed by atoms with Crippen LogP contribution >= 0.6 is 0 Å². The standard InChI is InChI=1S/C11H9F2N3O2/c12-10(13)6-18-9-4-16-3-8(5-17)15-11(16)1-7(9)2-14/h1,3-4,10,17H,5-6H2. The molecule has 0 aliphatic rings. The van der Waals surface area contributed by atoms with Crippen LogP contribution in [-0.2, 0) is 6.61 Å². The van der Waals surface area contributed by atoms with Crippen molar-refractivity contribution in [2.45, 2.75) is 13.0 Å². The van der Waals surface area contributed by atoms with E-state index in [0.717, 1.165) is 0 Å². The second-order valence-electron chi connectivity index (χ2n) is 3.52. The number of rotatable bonds is 4. The van der Waals surface area contributed by atoms with Gasteiger partial charge >= 0.3 is 0 Å². The first-order valence-corrected chi connectivity index (χ1v) is 5.07. The van der Waals surface area contributed by atoms with Crippen LogP contribution in [0.4, 0.5) is 8.78 Å². The first kappa shape index (κ1) is 12.3. The summed E-state index contributed by atoms with van der Waals surface area (Å²) in [7, 11) is 0. The van der Waals surface area contributed by atoms with Crippen LogP contribution < -0.4 is 4.74 Å². The summed E-state index contributed by atoms with van der Waals surface area (Å²) in [5, 5.41) is 17.8. The third-order valence-corrected chi connectivity index (χ3v) is 2.25. The maximum absolute atomic E-state index is 12.1. The van der Waals surface area contributed by atoms with Crippen LogP contribution in [0.25, 0.3) is 5.65 Å². The van der Waals surface area contributed by atoms with E-state index < -0.39 is 13.0 Å². The summed E-state index contributed by atoms with van der Waals surface area (Å²) < 4.78 is 30.5. The van der Waals surface area contributed by atoms with Gasteiger partial charge in [-0.1, -0.05) is 0 Å². The van der Waals surface area contributed by atoms with Crippen molar-refractivity contribution in [1.29, 1.82) is 5.26 Å². The van der Waals surface area contributed by atoms with E-state index in [-0.39, 0.29) is 17.9 Å². The molecule has 0 radical (unpaired) electrons. The number of imidazole rings is 1. The van der Waals surface area contributed by atoms with Crippen molar-refractivity contribution < 1.29 is 18.6 Å². The van der Waals surface area contributed by atoms with Crippen molar-refractivity contribution in [2.75, 3.05) is 6.61 Å². The van der Waals surface area contributed by atoms with E-state index in [1.54, 1.807) is 0 Å². The second kappa shape index (κ2) is 4.98. The molecule has 94 valence electrons. The van der Waals surface area contributed by atoms with Gasteiger partial charge in [0.1, 0.15) is 18.3 Å². The number of aliphatic hydroxyl groups is 1. The Morgan fingerprint density at radius 2 is 2.28 bits per heavy atom. The van der Waals surface area contributed by atoms with Crippen LogP contribution in [0.3, 0.4) is 0 Å². The molecule has 0 aliphatic heterocycles. The molecule has 7 heteroatoms. The molecule has 0 spiro atoms. The van der Waals surface area contributed by atoms with Crippen LogP contribution in [0, 0.1) is 11.3 Å². The van der Waals surface area contributed by atoms with E-state index in [1.165, 1.54) is 22.9 Å². The zero-order valence-corrected chi connectivity index (χ0v) is 9.18. The molecule has 0 saturated heterocycles. The van der Waals surface area contributed by atoms with Crippen molar-refractivity contribution in [1.82, 2.24) is 9.38 Å². The zero-order valence-electron chi connectivity index (χ0n) is 9.18. The SMILES string of the molecule is N#Cc1cc2nc(CO)cn2cc1OCC(F)F. The van der Waals surface area contributed by atoms with Crippen molar-refractivity contribution in [3.05, 3.63) is 29.7 Å². The number of alkyl halides is 2. The Bertz CT molecular complexity index is 604. The van der Waals surface area contributed by atoms with Crippen LogP contribution in [0.1, 0.15) is 11.3 Å². The van der Waals surface area contributed by atoms with Crippen LogP contribution in [0.5, 0.6) is 5.75 Å². The molecule has 2 aromatic heterocycles. The van der Waals surface area contributed by atoms with Gasteiger partial charge in [-0.3, -0.25) is 0 Å². The quantitative estimate of drug-likeness (QED) is 0.892. The Balaban J connectivity index is 2.41. The lowest BCUT2D eigenvalue weighted by Crippen LogP contribution is -2.08. The van der Waals surface area contributed by atoms with Crippen molar-refractivity contribution >= 4 is 5.65 Å². The van der Waals surface area contributed by atoms with Crippen LogP contribution in [-0.4, -0.2) is 27.5 Å². The number of pyridine rings is 1. The molecule has 0 bridgehead atoms. The van der Waals surface area contributed by atoms with Crippen molar-refractivity contribution in [3.8, 4) is 11.8 Å². The van der Waals surface area contributed by atoms with Crippen molar-refractivity contribution in [2.24, 2.45) is 0 Å². The summed E-state index contributed by atoms with van der Waals surface area (Å²) in [6, 6.07) is 3.27. The second-order valence-corrected chi connectivity index (χ2v) is 3.52. The third-order valence-electron chi connectivity index (χ3n) is 2.25. The van der Waals surface area contributed by atoms with Gasteiger partial charge in [-0.15, -0.1) is 0 Å². The molecule has 2 heterocycles. The summed E-state index contributed by atoms with van der Waals surface area (Å²) in [5.74, 6) is 0.0622. The molecular formula is C11H9F2N3O2. The Hall–Kier alpha value is -2.20. The lowest BCUT2D eigenvalue weighted by Gasteiger charge is -2.07. The lowest BCUT2D eigenvalue weighted by molar-refractivity contribution is 0.0815. The molecule has 5 nitrogen and oxygen atoms in total. The predicted octanol–water partition coefficient (Wildman–Crippen LogP) is 1.34. The monoisotopic (exact) mass is 253 g/mol. The normalized spacial score (nSPS) is 10.8. The highest BCUT2D eigenvalue weighted by Crippen LogP contribution is 2.20. The van der Waals surface area contributed by atoms with E-state index in [2.05, 4.69) is 4.98 Å². The molecule has 18 heavy (non-hydrogen) atoms. The third kappa shape index (κ3) is 2.38. The molecule has 0 aliphatic carbocycles. The number of nitrogens with zero attached hydrogens (tertiary/aromatic N) is 3. The highest BCUT2D eigenvalue weighted by Gasteiger charge is 2.11. The smallest absolute Gasteiger partial charge is 0.272 e.